The molecule has 1 fully saturated rings. The van der Waals surface area contributed by atoms with Crippen LogP contribution in [-0.4, -0.2) is 36.7 Å². The fourth-order valence-corrected chi connectivity index (χ4v) is 2.49. The number of morpholine rings is 1. The molecule has 3 heteroatoms. The van der Waals surface area contributed by atoms with Crippen molar-refractivity contribution in [2.75, 3.05) is 19.7 Å². The number of rotatable bonds is 4. The molecule has 0 bridgehead atoms. The molecule has 2 rings (SSSR count). The van der Waals surface area contributed by atoms with E-state index in [1.54, 1.807) is 0 Å². The number of benzene rings is 1. The number of aryl methyl sites for hydroxylation is 1. The molecular formula is C15H24N2O. The fraction of sp³-hybridized carbons (Fsp3) is 0.600. The third kappa shape index (κ3) is 3.31. The van der Waals surface area contributed by atoms with Crippen LogP contribution in [0.5, 0.6) is 0 Å². The maximum atomic E-state index is 5.93. The highest BCUT2D eigenvalue weighted by Gasteiger charge is 2.23. The summed E-state index contributed by atoms with van der Waals surface area (Å²) in [5.41, 5.74) is 8.81. The lowest BCUT2D eigenvalue weighted by Gasteiger charge is -2.35. The lowest BCUT2D eigenvalue weighted by Crippen LogP contribution is -2.49. The van der Waals surface area contributed by atoms with Gasteiger partial charge in [0.05, 0.1) is 12.7 Å². The van der Waals surface area contributed by atoms with E-state index in [-0.39, 0.29) is 12.1 Å². The largest absolute Gasteiger partial charge is 0.374 e. The van der Waals surface area contributed by atoms with Crippen molar-refractivity contribution in [1.29, 1.82) is 0 Å². The molecule has 0 spiro atoms. The van der Waals surface area contributed by atoms with Crippen LogP contribution >= 0.6 is 0 Å². The number of hydrogen-bond acceptors (Lipinski definition) is 3. The molecule has 2 unspecified atom stereocenters. The summed E-state index contributed by atoms with van der Waals surface area (Å²) in [5.74, 6) is 0. The topological polar surface area (TPSA) is 38.5 Å². The van der Waals surface area contributed by atoms with Gasteiger partial charge in [-0.3, -0.25) is 4.90 Å². The zero-order chi connectivity index (χ0) is 13.0. The van der Waals surface area contributed by atoms with Gasteiger partial charge in [-0.15, -0.1) is 0 Å². The standard InChI is InChI=1S/C15H24N2O/c1-3-13-6-4-5-7-14(13)10-17-8-9-18-15(11-17)12(2)16/h4-7,12,15H,3,8-11,16H2,1-2H3. The van der Waals surface area contributed by atoms with Crippen molar-refractivity contribution >= 4 is 0 Å². The first kappa shape index (κ1) is 13.5. The maximum Gasteiger partial charge on any atom is 0.0850 e. The molecule has 0 radical (unpaired) electrons. The predicted octanol–water partition coefficient (Wildman–Crippen LogP) is 1.80. The second-order valence-corrected chi connectivity index (χ2v) is 5.13. The van der Waals surface area contributed by atoms with Gasteiger partial charge in [0, 0.05) is 25.7 Å². The molecule has 0 amide bonds. The molecular weight excluding hydrogens is 224 g/mol. The van der Waals surface area contributed by atoms with Gasteiger partial charge in [0.1, 0.15) is 0 Å². The molecule has 2 N–H and O–H groups in total. The van der Waals surface area contributed by atoms with E-state index in [0.29, 0.717) is 0 Å². The third-order valence-electron chi connectivity index (χ3n) is 3.66. The molecule has 0 aromatic heterocycles. The Hall–Kier alpha value is -0.900. The molecule has 0 saturated carbocycles. The van der Waals surface area contributed by atoms with E-state index in [9.17, 15) is 0 Å². The summed E-state index contributed by atoms with van der Waals surface area (Å²) >= 11 is 0. The van der Waals surface area contributed by atoms with Gasteiger partial charge in [-0.2, -0.15) is 0 Å². The first-order valence-electron chi connectivity index (χ1n) is 6.87. The molecule has 0 aliphatic carbocycles. The van der Waals surface area contributed by atoms with Crippen molar-refractivity contribution in [3.05, 3.63) is 35.4 Å². The first-order valence-corrected chi connectivity index (χ1v) is 6.87. The van der Waals surface area contributed by atoms with Crippen LogP contribution in [0.15, 0.2) is 24.3 Å². The van der Waals surface area contributed by atoms with Gasteiger partial charge in [-0.25, -0.2) is 0 Å². The summed E-state index contributed by atoms with van der Waals surface area (Å²) in [6.45, 7) is 7.98. The summed E-state index contributed by atoms with van der Waals surface area (Å²) in [4.78, 5) is 2.45. The van der Waals surface area contributed by atoms with Crippen LogP contribution in [0.25, 0.3) is 0 Å². The zero-order valence-electron chi connectivity index (χ0n) is 11.4. The average Bonchev–Trinajstić information content (AvgIpc) is 2.39. The van der Waals surface area contributed by atoms with E-state index in [0.717, 1.165) is 32.7 Å². The van der Waals surface area contributed by atoms with Crippen molar-refractivity contribution < 1.29 is 4.74 Å². The summed E-state index contributed by atoms with van der Waals surface area (Å²) < 4.78 is 5.70. The molecule has 1 aliphatic rings. The minimum absolute atomic E-state index is 0.106. The van der Waals surface area contributed by atoms with Gasteiger partial charge >= 0.3 is 0 Å². The van der Waals surface area contributed by atoms with E-state index in [4.69, 9.17) is 10.5 Å². The molecule has 1 heterocycles. The molecule has 1 aromatic rings. The number of ether oxygens (including phenoxy) is 1. The van der Waals surface area contributed by atoms with Crippen LogP contribution in [0, 0.1) is 0 Å². The molecule has 18 heavy (non-hydrogen) atoms. The van der Waals surface area contributed by atoms with Crippen LogP contribution in [-0.2, 0) is 17.7 Å². The van der Waals surface area contributed by atoms with Gasteiger partial charge < -0.3 is 10.5 Å². The van der Waals surface area contributed by atoms with Crippen LogP contribution in [0.4, 0.5) is 0 Å². The Morgan fingerprint density at radius 2 is 2.11 bits per heavy atom. The Morgan fingerprint density at radius 1 is 1.39 bits per heavy atom. The highest BCUT2D eigenvalue weighted by Crippen LogP contribution is 2.15. The molecule has 3 nitrogen and oxygen atoms in total. The van der Waals surface area contributed by atoms with Crippen molar-refractivity contribution in [1.82, 2.24) is 4.90 Å². The lowest BCUT2D eigenvalue weighted by atomic mass is 10.0. The van der Waals surface area contributed by atoms with E-state index in [1.807, 2.05) is 6.92 Å². The van der Waals surface area contributed by atoms with Crippen molar-refractivity contribution in [2.45, 2.75) is 39.0 Å². The van der Waals surface area contributed by atoms with Gasteiger partial charge in [-0.1, -0.05) is 31.2 Å². The van der Waals surface area contributed by atoms with Gasteiger partial charge in [0.25, 0.3) is 0 Å². The van der Waals surface area contributed by atoms with E-state index in [2.05, 4.69) is 36.1 Å². The normalized spacial score (nSPS) is 22.9. The second kappa shape index (κ2) is 6.32. The number of hydrogen-bond donors (Lipinski definition) is 1. The Labute approximate surface area is 110 Å². The molecule has 2 atom stereocenters. The van der Waals surface area contributed by atoms with Crippen molar-refractivity contribution in [3.8, 4) is 0 Å². The van der Waals surface area contributed by atoms with E-state index < -0.39 is 0 Å². The first-order chi connectivity index (χ1) is 8.70. The Kier molecular flexibility index (Phi) is 4.75. The summed E-state index contributed by atoms with van der Waals surface area (Å²) in [5, 5.41) is 0. The highest BCUT2D eigenvalue weighted by molar-refractivity contribution is 5.26. The monoisotopic (exact) mass is 248 g/mol. The number of nitrogens with zero attached hydrogens (tertiary/aromatic N) is 1. The average molecular weight is 248 g/mol. The Balaban J connectivity index is 2.00. The Morgan fingerprint density at radius 3 is 2.78 bits per heavy atom. The fourth-order valence-electron chi connectivity index (χ4n) is 2.49. The van der Waals surface area contributed by atoms with Gasteiger partial charge in [0.15, 0.2) is 0 Å². The van der Waals surface area contributed by atoms with E-state index in [1.165, 1.54) is 11.1 Å². The van der Waals surface area contributed by atoms with Crippen LogP contribution < -0.4 is 5.73 Å². The predicted molar refractivity (Wildman–Crippen MR) is 74.5 cm³/mol. The minimum atomic E-state index is 0.106. The zero-order valence-corrected chi connectivity index (χ0v) is 11.4. The molecule has 1 saturated heterocycles. The molecule has 1 aliphatic heterocycles. The number of nitrogens with two attached hydrogens (primary N) is 1. The third-order valence-corrected chi connectivity index (χ3v) is 3.66. The van der Waals surface area contributed by atoms with Crippen molar-refractivity contribution in [2.24, 2.45) is 5.73 Å². The molecule has 100 valence electrons. The molecule has 1 aromatic carbocycles. The highest BCUT2D eigenvalue weighted by atomic mass is 16.5. The van der Waals surface area contributed by atoms with Crippen LogP contribution in [0.3, 0.4) is 0 Å². The maximum absolute atomic E-state index is 5.93. The van der Waals surface area contributed by atoms with Crippen LogP contribution in [0.2, 0.25) is 0 Å². The van der Waals surface area contributed by atoms with Crippen LogP contribution in [0.1, 0.15) is 25.0 Å². The quantitative estimate of drug-likeness (QED) is 0.883. The summed E-state index contributed by atoms with van der Waals surface area (Å²) in [6.07, 6.45) is 1.27. The summed E-state index contributed by atoms with van der Waals surface area (Å²) in [6, 6.07) is 8.80. The van der Waals surface area contributed by atoms with E-state index >= 15 is 0 Å². The lowest BCUT2D eigenvalue weighted by molar-refractivity contribution is -0.0404. The minimum Gasteiger partial charge on any atom is -0.374 e. The van der Waals surface area contributed by atoms with Crippen molar-refractivity contribution in [3.63, 3.8) is 0 Å². The van der Waals surface area contributed by atoms with Gasteiger partial charge in [0.2, 0.25) is 0 Å². The SMILES string of the molecule is CCc1ccccc1CN1CCOC(C(C)N)C1. The smallest absolute Gasteiger partial charge is 0.0850 e. The second-order valence-electron chi connectivity index (χ2n) is 5.13. The van der Waals surface area contributed by atoms with Gasteiger partial charge in [-0.05, 0) is 24.5 Å². The summed E-state index contributed by atoms with van der Waals surface area (Å²) in [7, 11) is 0. The Bertz CT molecular complexity index is 379.